The Morgan fingerprint density at radius 1 is 0.692 bits per heavy atom. The van der Waals surface area contributed by atoms with Gasteiger partial charge in [0.15, 0.2) is 0 Å². The fourth-order valence-electron chi connectivity index (χ4n) is 4.81. The highest BCUT2D eigenvalue weighted by Crippen LogP contribution is 2.30. The van der Waals surface area contributed by atoms with E-state index >= 15 is 0 Å². The van der Waals surface area contributed by atoms with Gasteiger partial charge in [0.1, 0.15) is 0 Å². The first-order valence-corrected chi connectivity index (χ1v) is 11.2. The molecule has 2 heterocycles. The summed E-state index contributed by atoms with van der Waals surface area (Å²) >= 11 is 0. The summed E-state index contributed by atoms with van der Waals surface area (Å²) in [6.45, 7) is 16.9. The van der Waals surface area contributed by atoms with Crippen LogP contribution in [-0.4, -0.2) is 23.6 Å². The van der Waals surface area contributed by atoms with Crippen molar-refractivity contribution in [2.75, 3.05) is 9.80 Å². The first-order valence-electron chi connectivity index (χ1n) is 11.2. The van der Waals surface area contributed by atoms with Gasteiger partial charge in [-0.25, -0.2) is 30.0 Å². The van der Waals surface area contributed by atoms with E-state index in [0.29, 0.717) is 16.3 Å². The number of fused-ring (bicyclic) bond motifs is 2. The van der Waals surface area contributed by atoms with Gasteiger partial charge < -0.3 is 0 Å². The van der Waals surface area contributed by atoms with Crippen molar-refractivity contribution in [1.82, 2.24) is 0 Å². The molecular weight excluding hydrogens is 496 g/mol. The number of rotatable bonds is 2. The molecule has 39 heavy (non-hydrogen) atoms. The first kappa shape index (κ1) is 24.3. The number of benzene rings is 3. The highest BCUT2D eigenvalue weighted by Gasteiger charge is 2.28. The Hall–Kier alpha value is -6.36. The second kappa shape index (κ2) is 8.94. The van der Waals surface area contributed by atoms with Crippen molar-refractivity contribution in [3.05, 3.63) is 93.5 Å². The number of hydrogen-bond acceptors (Lipinski definition) is 6. The largest absolute Gasteiger partial charge is 0.270 e. The standard InChI is InChI=1S/C29H12N6O4/c1-15-10-18-20(12-23(15)35-26(38)8-9-27(35)39)28(21(13-30)32-2)17-5-4-16(34-24(36)6-7-25(34)37)11-19(17)29(18)22(14-31)33-3/h4-12H,1H3/b28-21-,29-22+. The van der Waals surface area contributed by atoms with Gasteiger partial charge in [-0.2, -0.15) is 0 Å². The van der Waals surface area contributed by atoms with Crippen LogP contribution < -0.4 is 20.2 Å². The molecule has 182 valence electrons. The highest BCUT2D eigenvalue weighted by atomic mass is 16.2. The summed E-state index contributed by atoms with van der Waals surface area (Å²) in [5.74, 6) is -2.28. The van der Waals surface area contributed by atoms with Crippen LogP contribution in [0.1, 0.15) is 5.56 Å². The maximum Gasteiger partial charge on any atom is 0.270 e. The van der Waals surface area contributed by atoms with Crippen LogP contribution in [0.25, 0.3) is 42.6 Å². The van der Waals surface area contributed by atoms with E-state index in [-0.39, 0.29) is 44.0 Å². The first-order chi connectivity index (χ1) is 18.7. The van der Waals surface area contributed by atoms with Crippen LogP contribution in [0.2, 0.25) is 0 Å². The van der Waals surface area contributed by atoms with E-state index in [1.165, 1.54) is 24.3 Å². The van der Waals surface area contributed by atoms with Crippen LogP contribution in [-0.2, 0) is 19.2 Å². The predicted molar refractivity (Wildman–Crippen MR) is 140 cm³/mol. The molecule has 0 aromatic heterocycles. The van der Waals surface area contributed by atoms with Gasteiger partial charge in [0.05, 0.1) is 36.7 Å². The van der Waals surface area contributed by atoms with Gasteiger partial charge in [0.2, 0.25) is 0 Å². The van der Waals surface area contributed by atoms with Gasteiger partial charge in [0, 0.05) is 34.7 Å². The monoisotopic (exact) mass is 508 g/mol. The zero-order chi connectivity index (χ0) is 28.0. The number of aryl methyl sites for hydroxylation is 1. The number of carbonyl (C=O) groups excluding carboxylic acids is 4. The molecule has 0 spiro atoms. The third-order valence-corrected chi connectivity index (χ3v) is 6.44. The molecule has 0 unspecified atom stereocenters. The molecule has 0 fully saturated rings. The molecule has 0 N–H and O–H groups in total. The summed E-state index contributed by atoms with van der Waals surface area (Å²) < 4.78 is 0. The van der Waals surface area contributed by atoms with Crippen LogP contribution in [0.5, 0.6) is 0 Å². The minimum Gasteiger partial charge on any atom is -0.269 e. The van der Waals surface area contributed by atoms with Crippen molar-refractivity contribution in [2.24, 2.45) is 0 Å². The van der Waals surface area contributed by atoms with Gasteiger partial charge >= 0.3 is 0 Å². The zero-order valence-corrected chi connectivity index (χ0v) is 20.0. The Labute approximate surface area is 220 Å². The topological polar surface area (TPSA) is 131 Å². The molecule has 0 atom stereocenters. The molecule has 4 amide bonds. The summed E-state index contributed by atoms with van der Waals surface area (Å²) in [6.07, 6.45) is 4.49. The van der Waals surface area contributed by atoms with Crippen LogP contribution in [0.15, 0.2) is 54.6 Å². The van der Waals surface area contributed by atoms with E-state index in [4.69, 9.17) is 13.1 Å². The molecule has 2 aliphatic rings. The van der Waals surface area contributed by atoms with Crippen molar-refractivity contribution in [3.63, 3.8) is 0 Å². The van der Waals surface area contributed by atoms with E-state index in [1.807, 2.05) is 12.1 Å². The number of nitriles is 2. The van der Waals surface area contributed by atoms with E-state index in [0.717, 1.165) is 34.1 Å². The van der Waals surface area contributed by atoms with E-state index in [2.05, 4.69) is 9.69 Å². The van der Waals surface area contributed by atoms with Crippen molar-refractivity contribution >= 4 is 67.9 Å². The fourth-order valence-corrected chi connectivity index (χ4v) is 4.81. The lowest BCUT2D eigenvalue weighted by Crippen LogP contribution is -2.31. The van der Waals surface area contributed by atoms with E-state index in [1.54, 1.807) is 13.0 Å². The summed E-state index contributed by atoms with van der Waals surface area (Å²) in [6, 6.07) is 11.2. The molecule has 0 bridgehead atoms. The van der Waals surface area contributed by atoms with E-state index in [9.17, 15) is 29.7 Å². The normalized spacial score (nSPS) is 15.9. The second-order valence-corrected chi connectivity index (χ2v) is 8.50. The molecule has 2 aliphatic heterocycles. The maximum absolute atomic E-state index is 12.5. The van der Waals surface area contributed by atoms with Crippen LogP contribution in [0.3, 0.4) is 0 Å². The number of amides is 4. The Morgan fingerprint density at radius 2 is 1.15 bits per heavy atom. The number of imide groups is 2. The third-order valence-electron chi connectivity index (χ3n) is 6.44. The minimum absolute atomic E-state index is 0.153. The number of nitrogens with zero attached hydrogens (tertiary/aromatic N) is 6. The maximum atomic E-state index is 12.5. The summed E-state index contributed by atoms with van der Waals surface area (Å²) in [5, 5.41) is 21.1. The average molecular weight is 508 g/mol. The Kier molecular flexibility index (Phi) is 5.58. The Bertz CT molecular complexity index is 2040. The van der Waals surface area contributed by atoms with Crippen molar-refractivity contribution in [2.45, 2.75) is 6.92 Å². The minimum atomic E-state index is -0.573. The lowest BCUT2D eigenvalue weighted by atomic mass is 9.93. The van der Waals surface area contributed by atoms with Crippen molar-refractivity contribution in [1.29, 1.82) is 10.5 Å². The zero-order valence-electron chi connectivity index (χ0n) is 20.0. The van der Waals surface area contributed by atoms with Crippen molar-refractivity contribution in [3.8, 4) is 12.1 Å². The van der Waals surface area contributed by atoms with Crippen molar-refractivity contribution < 1.29 is 19.2 Å². The fraction of sp³-hybridized carbons (Fsp3) is 0.0345. The summed E-state index contributed by atoms with van der Waals surface area (Å²) in [4.78, 5) is 58.3. The SMILES string of the molecule is [C-]#[N+]/C(C#N)=c1/c2ccc(N3C(=O)C=CC3=O)cc2/c(=C(\C#N)[N+]#[C-])c2cc(C)c(N3C(=O)C=CC3=O)cc12. The Morgan fingerprint density at radius 3 is 1.67 bits per heavy atom. The summed E-state index contributed by atoms with van der Waals surface area (Å²) in [7, 11) is 0. The quantitative estimate of drug-likeness (QED) is 0.297. The van der Waals surface area contributed by atoms with Gasteiger partial charge in [-0.1, -0.05) is 12.1 Å². The number of hydrogen-bond donors (Lipinski definition) is 0. The highest BCUT2D eigenvalue weighted by molar-refractivity contribution is 6.29. The van der Waals surface area contributed by atoms with Gasteiger partial charge in [-0.3, -0.25) is 19.2 Å². The predicted octanol–water partition coefficient (Wildman–Crippen LogP) is 2.26. The Balaban J connectivity index is 2.06. The van der Waals surface area contributed by atoms with Gasteiger partial charge in [0.25, 0.3) is 35.0 Å². The molecule has 0 saturated heterocycles. The lowest BCUT2D eigenvalue weighted by Gasteiger charge is -2.20. The second-order valence-electron chi connectivity index (χ2n) is 8.50. The molecular formula is C29H12N6O4. The van der Waals surface area contributed by atoms with Crippen LogP contribution in [0, 0.1) is 42.7 Å². The van der Waals surface area contributed by atoms with Crippen LogP contribution in [0.4, 0.5) is 11.4 Å². The molecule has 3 aromatic carbocycles. The molecule has 5 rings (SSSR count). The molecule has 0 radical (unpaired) electrons. The molecule has 3 aromatic rings. The van der Waals surface area contributed by atoms with E-state index < -0.39 is 23.6 Å². The average Bonchev–Trinajstić information content (AvgIpc) is 3.44. The number of anilines is 2. The molecule has 10 heteroatoms. The van der Waals surface area contributed by atoms with Gasteiger partial charge in [-0.05, 0) is 52.2 Å². The lowest BCUT2D eigenvalue weighted by molar-refractivity contribution is -0.121. The molecule has 0 aliphatic carbocycles. The molecule has 0 saturated carbocycles. The smallest absolute Gasteiger partial charge is 0.269 e. The third kappa shape index (κ3) is 3.54. The van der Waals surface area contributed by atoms with Gasteiger partial charge in [-0.15, -0.1) is 0 Å². The molecule has 10 nitrogen and oxygen atoms in total. The number of carbonyl (C=O) groups is 4. The summed E-state index contributed by atoms with van der Waals surface area (Å²) in [5.41, 5.74) is 0.217. The van der Waals surface area contributed by atoms with Crippen LogP contribution >= 0.6 is 0 Å².